The van der Waals surface area contributed by atoms with Gasteiger partial charge in [0.2, 0.25) is 5.79 Å². The van der Waals surface area contributed by atoms with Gasteiger partial charge in [0.15, 0.2) is 0 Å². The molecule has 8 heteroatoms. The largest absolute Gasteiger partial charge is 0.381 e. The van der Waals surface area contributed by atoms with E-state index in [-0.39, 0.29) is 12.3 Å². The highest BCUT2D eigenvalue weighted by Gasteiger charge is 2.34. The standard InChI is InChI=1S/C12H23NO7/c14-10(13-8-9-2-6-20-7-3-9)11(15,16)4-1-5-12(17,18)19/h9,15-19H,1-8H2,(H,13,14). The summed E-state index contributed by atoms with van der Waals surface area (Å²) in [5.41, 5.74) is 0. The predicted molar refractivity (Wildman–Crippen MR) is 67.0 cm³/mol. The molecule has 1 heterocycles. The Balaban J connectivity index is 2.28. The van der Waals surface area contributed by atoms with E-state index < -0.39 is 30.5 Å². The predicted octanol–water partition coefficient (Wildman–Crippen LogP) is -1.99. The number of rotatable bonds is 7. The van der Waals surface area contributed by atoms with Crippen molar-refractivity contribution in [1.29, 1.82) is 0 Å². The van der Waals surface area contributed by atoms with Gasteiger partial charge in [0.1, 0.15) is 0 Å². The van der Waals surface area contributed by atoms with E-state index in [1.807, 2.05) is 0 Å². The summed E-state index contributed by atoms with van der Waals surface area (Å²) < 4.78 is 5.18. The Kier molecular flexibility index (Phi) is 6.31. The number of nitrogens with one attached hydrogen (secondary N) is 1. The van der Waals surface area contributed by atoms with E-state index in [9.17, 15) is 15.0 Å². The summed E-state index contributed by atoms with van der Waals surface area (Å²) in [6.45, 7) is 1.61. The first-order chi connectivity index (χ1) is 9.21. The molecule has 1 saturated heterocycles. The molecule has 1 aliphatic rings. The molecule has 20 heavy (non-hydrogen) atoms. The van der Waals surface area contributed by atoms with Crippen molar-refractivity contribution < 1.29 is 35.1 Å². The Bertz CT molecular complexity index is 307. The quantitative estimate of drug-likeness (QED) is 0.299. The lowest BCUT2D eigenvalue weighted by molar-refractivity contribution is -0.316. The van der Waals surface area contributed by atoms with Crippen molar-refractivity contribution in [3.05, 3.63) is 0 Å². The minimum atomic E-state index is -2.87. The summed E-state index contributed by atoms with van der Waals surface area (Å²) in [5, 5.41) is 47.6. The molecule has 0 atom stereocenters. The van der Waals surface area contributed by atoms with Crippen LogP contribution in [0, 0.1) is 5.92 Å². The second-order valence-corrected chi connectivity index (χ2v) is 5.21. The van der Waals surface area contributed by atoms with Gasteiger partial charge in [-0.05, 0) is 25.2 Å². The SMILES string of the molecule is O=C(NCC1CCOCC1)C(O)(O)CCCC(O)(O)O. The molecule has 1 aliphatic heterocycles. The number of carbonyl (C=O) groups is 1. The maximum atomic E-state index is 11.6. The fourth-order valence-corrected chi connectivity index (χ4v) is 2.01. The Labute approximate surface area is 117 Å². The van der Waals surface area contributed by atoms with Gasteiger partial charge in [0.05, 0.1) is 0 Å². The zero-order valence-corrected chi connectivity index (χ0v) is 11.3. The number of hydrogen-bond donors (Lipinski definition) is 6. The van der Waals surface area contributed by atoms with E-state index in [0.29, 0.717) is 19.8 Å². The van der Waals surface area contributed by atoms with Crippen LogP contribution in [-0.2, 0) is 9.53 Å². The molecular weight excluding hydrogens is 270 g/mol. The van der Waals surface area contributed by atoms with Gasteiger partial charge >= 0.3 is 0 Å². The van der Waals surface area contributed by atoms with Crippen LogP contribution in [0.15, 0.2) is 0 Å². The number of aliphatic hydroxyl groups is 5. The van der Waals surface area contributed by atoms with E-state index in [1.54, 1.807) is 0 Å². The average Bonchev–Trinajstić information content (AvgIpc) is 2.35. The topological polar surface area (TPSA) is 139 Å². The first-order valence-corrected chi connectivity index (χ1v) is 6.68. The van der Waals surface area contributed by atoms with Gasteiger partial charge < -0.3 is 35.6 Å². The van der Waals surface area contributed by atoms with Crippen molar-refractivity contribution in [2.45, 2.75) is 43.9 Å². The first kappa shape index (κ1) is 17.3. The second kappa shape index (κ2) is 7.30. The zero-order chi connectivity index (χ0) is 15.2. The van der Waals surface area contributed by atoms with Gasteiger partial charge in [0.25, 0.3) is 11.9 Å². The lowest BCUT2D eigenvalue weighted by Crippen LogP contribution is -2.48. The van der Waals surface area contributed by atoms with Crippen molar-refractivity contribution in [3.63, 3.8) is 0 Å². The van der Waals surface area contributed by atoms with Crippen molar-refractivity contribution in [3.8, 4) is 0 Å². The summed E-state index contributed by atoms with van der Waals surface area (Å²) in [6, 6.07) is 0. The second-order valence-electron chi connectivity index (χ2n) is 5.21. The highest BCUT2D eigenvalue weighted by atomic mass is 16.7. The monoisotopic (exact) mass is 293 g/mol. The minimum absolute atomic E-state index is 0.138. The molecule has 1 fully saturated rings. The van der Waals surface area contributed by atoms with Crippen LogP contribution in [0.1, 0.15) is 32.1 Å². The normalized spacial score (nSPS) is 18.1. The number of amides is 1. The molecule has 8 nitrogen and oxygen atoms in total. The van der Waals surface area contributed by atoms with Crippen LogP contribution in [0.2, 0.25) is 0 Å². The van der Waals surface area contributed by atoms with Gasteiger partial charge in [-0.2, -0.15) is 0 Å². The van der Waals surface area contributed by atoms with Crippen LogP contribution < -0.4 is 5.32 Å². The molecule has 1 rings (SSSR count). The number of hydrogen-bond acceptors (Lipinski definition) is 7. The fraction of sp³-hybridized carbons (Fsp3) is 0.917. The smallest absolute Gasteiger partial charge is 0.279 e. The van der Waals surface area contributed by atoms with E-state index in [1.165, 1.54) is 0 Å². The summed E-state index contributed by atoms with van der Waals surface area (Å²) in [5.74, 6) is -6.13. The Morgan fingerprint density at radius 3 is 2.25 bits per heavy atom. The molecule has 0 aromatic carbocycles. The maximum Gasteiger partial charge on any atom is 0.279 e. The van der Waals surface area contributed by atoms with E-state index >= 15 is 0 Å². The molecule has 0 aromatic rings. The number of carbonyl (C=O) groups excluding carboxylic acids is 1. The zero-order valence-electron chi connectivity index (χ0n) is 11.3. The van der Waals surface area contributed by atoms with Crippen LogP contribution in [0.3, 0.4) is 0 Å². The minimum Gasteiger partial charge on any atom is -0.381 e. The molecule has 0 saturated carbocycles. The van der Waals surface area contributed by atoms with E-state index in [2.05, 4.69) is 5.32 Å². The van der Waals surface area contributed by atoms with Gasteiger partial charge in [-0.15, -0.1) is 0 Å². The van der Waals surface area contributed by atoms with Crippen molar-refractivity contribution in [2.75, 3.05) is 19.8 Å². The summed E-state index contributed by atoms with van der Waals surface area (Å²) >= 11 is 0. The van der Waals surface area contributed by atoms with Crippen LogP contribution in [-0.4, -0.2) is 63.0 Å². The van der Waals surface area contributed by atoms with Gasteiger partial charge in [0, 0.05) is 32.6 Å². The molecule has 118 valence electrons. The highest BCUT2D eigenvalue weighted by Crippen LogP contribution is 2.16. The van der Waals surface area contributed by atoms with E-state index in [0.717, 1.165) is 12.8 Å². The Morgan fingerprint density at radius 2 is 1.70 bits per heavy atom. The maximum absolute atomic E-state index is 11.6. The van der Waals surface area contributed by atoms with Crippen molar-refractivity contribution in [1.82, 2.24) is 5.32 Å². The molecule has 6 N–H and O–H groups in total. The van der Waals surface area contributed by atoms with Gasteiger partial charge in [-0.1, -0.05) is 0 Å². The molecule has 0 aromatic heterocycles. The first-order valence-electron chi connectivity index (χ1n) is 6.68. The van der Waals surface area contributed by atoms with Crippen molar-refractivity contribution in [2.24, 2.45) is 5.92 Å². The summed E-state index contributed by atoms with van der Waals surface area (Å²) in [6.07, 6.45) is 0.596. The summed E-state index contributed by atoms with van der Waals surface area (Å²) in [4.78, 5) is 11.6. The highest BCUT2D eigenvalue weighted by molar-refractivity contribution is 5.82. The Morgan fingerprint density at radius 1 is 1.10 bits per heavy atom. The number of ether oxygens (including phenoxy) is 1. The van der Waals surface area contributed by atoms with Crippen LogP contribution in [0.5, 0.6) is 0 Å². The van der Waals surface area contributed by atoms with Crippen LogP contribution in [0.25, 0.3) is 0 Å². The van der Waals surface area contributed by atoms with Crippen LogP contribution in [0.4, 0.5) is 0 Å². The molecule has 0 bridgehead atoms. The van der Waals surface area contributed by atoms with Gasteiger partial charge in [-0.25, -0.2) is 0 Å². The third-order valence-electron chi connectivity index (χ3n) is 3.29. The molecular formula is C12H23NO7. The lowest BCUT2D eigenvalue weighted by Gasteiger charge is -2.25. The molecule has 0 aliphatic carbocycles. The van der Waals surface area contributed by atoms with Crippen LogP contribution >= 0.6 is 0 Å². The summed E-state index contributed by atoms with van der Waals surface area (Å²) in [7, 11) is 0. The van der Waals surface area contributed by atoms with Gasteiger partial charge in [-0.3, -0.25) is 4.79 Å². The molecule has 0 spiro atoms. The lowest BCUT2D eigenvalue weighted by atomic mass is 10.00. The molecule has 0 unspecified atom stereocenters. The van der Waals surface area contributed by atoms with E-state index in [4.69, 9.17) is 20.1 Å². The Hall–Kier alpha value is -0.770. The average molecular weight is 293 g/mol. The third-order valence-corrected chi connectivity index (χ3v) is 3.29. The molecule has 1 amide bonds. The third kappa shape index (κ3) is 6.60. The molecule has 0 radical (unpaired) electrons. The van der Waals surface area contributed by atoms with Crippen molar-refractivity contribution >= 4 is 5.91 Å². The fourth-order valence-electron chi connectivity index (χ4n) is 2.01.